The van der Waals surface area contributed by atoms with Crippen LogP contribution in [0.3, 0.4) is 0 Å². The molecule has 8 aromatic rings. The molecule has 0 aliphatic rings. The predicted molar refractivity (Wildman–Crippen MR) is 168 cm³/mol. The van der Waals surface area contributed by atoms with Crippen molar-refractivity contribution in [2.75, 3.05) is 0 Å². The summed E-state index contributed by atoms with van der Waals surface area (Å²) < 4.78 is 4.64. The van der Waals surface area contributed by atoms with Crippen molar-refractivity contribution < 1.29 is 5.02 Å². The quantitative estimate of drug-likeness (QED) is 0.240. The third-order valence-corrected chi connectivity index (χ3v) is 7.97. The van der Waals surface area contributed by atoms with Crippen LogP contribution in [0.5, 0.6) is 0 Å². The average molecular weight is 511 g/mol. The Bertz CT molecular complexity index is 2190. The van der Waals surface area contributed by atoms with Crippen molar-refractivity contribution in [3.8, 4) is 22.5 Å². The summed E-state index contributed by atoms with van der Waals surface area (Å²) in [5.74, 6) is 0. The van der Waals surface area contributed by atoms with E-state index in [2.05, 4.69) is 137 Å². The van der Waals surface area contributed by atoms with E-state index in [1.54, 1.807) is 0 Å². The molecule has 0 bridgehead atoms. The van der Waals surface area contributed by atoms with Gasteiger partial charge in [0.05, 0.1) is 22.1 Å². The molecule has 2 heterocycles. The fourth-order valence-corrected chi connectivity index (χ4v) is 6.16. The number of fused-ring (bicyclic) bond motifs is 6. The van der Waals surface area contributed by atoms with E-state index in [4.69, 9.17) is 0 Å². The molecule has 3 nitrogen and oxygen atoms in total. The standard InChI is InChI=1S/C36H24BN2O/c40-37-26-17-20-36-32(23-26)31-22-25(16-19-35(31)39(36)28-11-5-2-6-12-28)24-15-18-34-30(21-24)29-13-7-8-14-33(29)38(34)27-9-3-1-4-10-27/h1-23,40H. The van der Waals surface area contributed by atoms with E-state index in [1.807, 2.05) is 12.1 Å². The topological polar surface area (TPSA) is 30.1 Å². The molecule has 0 spiro atoms. The highest BCUT2D eigenvalue weighted by molar-refractivity contribution is 6.46. The Morgan fingerprint density at radius 3 is 1.43 bits per heavy atom. The Hall–Kier alpha value is -5.06. The van der Waals surface area contributed by atoms with Crippen molar-refractivity contribution >= 4 is 56.6 Å². The number of aromatic nitrogens is 2. The molecule has 40 heavy (non-hydrogen) atoms. The van der Waals surface area contributed by atoms with Crippen LogP contribution in [0, 0.1) is 0 Å². The van der Waals surface area contributed by atoms with Gasteiger partial charge in [-0.05, 0) is 71.8 Å². The van der Waals surface area contributed by atoms with Crippen LogP contribution < -0.4 is 5.46 Å². The van der Waals surface area contributed by atoms with Crippen LogP contribution in [-0.2, 0) is 0 Å². The second kappa shape index (κ2) is 9.01. The van der Waals surface area contributed by atoms with E-state index in [0.29, 0.717) is 0 Å². The second-order valence-corrected chi connectivity index (χ2v) is 10.2. The van der Waals surface area contributed by atoms with Gasteiger partial charge in [-0.1, -0.05) is 84.3 Å². The number of rotatable bonds is 4. The van der Waals surface area contributed by atoms with Gasteiger partial charge in [0.2, 0.25) is 0 Å². The van der Waals surface area contributed by atoms with Crippen LogP contribution in [0.1, 0.15) is 0 Å². The predicted octanol–water partition coefficient (Wildman–Crippen LogP) is 7.78. The molecule has 0 amide bonds. The van der Waals surface area contributed by atoms with Crippen LogP contribution in [-0.4, -0.2) is 21.6 Å². The van der Waals surface area contributed by atoms with E-state index in [9.17, 15) is 5.02 Å². The molecule has 1 radical (unpaired) electrons. The Morgan fingerprint density at radius 1 is 0.400 bits per heavy atom. The highest BCUT2D eigenvalue weighted by Gasteiger charge is 2.16. The van der Waals surface area contributed by atoms with Gasteiger partial charge >= 0.3 is 7.48 Å². The Kier molecular flexibility index (Phi) is 5.16. The zero-order chi connectivity index (χ0) is 26.6. The monoisotopic (exact) mass is 511 g/mol. The molecule has 0 saturated heterocycles. The highest BCUT2D eigenvalue weighted by Crippen LogP contribution is 2.37. The summed E-state index contributed by atoms with van der Waals surface area (Å²) in [6.07, 6.45) is 0. The molecule has 4 heteroatoms. The summed E-state index contributed by atoms with van der Waals surface area (Å²) in [7, 11) is 1.17. The summed E-state index contributed by atoms with van der Waals surface area (Å²) in [6, 6.07) is 49.3. The first-order chi connectivity index (χ1) is 19.8. The molecule has 0 aliphatic carbocycles. The van der Waals surface area contributed by atoms with Gasteiger partial charge in [0.1, 0.15) is 0 Å². The number of nitrogens with zero attached hydrogens (tertiary/aromatic N) is 2. The lowest BCUT2D eigenvalue weighted by Crippen LogP contribution is -2.12. The molecule has 0 saturated carbocycles. The van der Waals surface area contributed by atoms with E-state index in [-0.39, 0.29) is 0 Å². The molecule has 8 rings (SSSR count). The molecule has 2 aromatic heterocycles. The normalized spacial score (nSPS) is 11.6. The number of hydrogen-bond donors (Lipinski definition) is 1. The smallest absolute Gasteiger partial charge is 0.326 e. The Morgan fingerprint density at radius 2 is 0.850 bits per heavy atom. The molecule has 0 atom stereocenters. The van der Waals surface area contributed by atoms with Gasteiger partial charge in [-0.25, -0.2) is 0 Å². The van der Waals surface area contributed by atoms with Crippen LogP contribution in [0.2, 0.25) is 0 Å². The van der Waals surface area contributed by atoms with Gasteiger partial charge in [-0.15, -0.1) is 0 Å². The lowest BCUT2D eigenvalue weighted by molar-refractivity contribution is 0.615. The van der Waals surface area contributed by atoms with Crippen LogP contribution >= 0.6 is 0 Å². The molecule has 1 N–H and O–H groups in total. The zero-order valence-corrected chi connectivity index (χ0v) is 21.7. The van der Waals surface area contributed by atoms with Gasteiger partial charge in [-0.3, -0.25) is 0 Å². The minimum atomic E-state index is 0.792. The SMILES string of the molecule is O[B]c1ccc2c(c1)c1cc(-c3ccc4c(c3)c3ccccc3n4-c3ccccc3)ccc1n2-c1ccccc1. The molecule has 0 fully saturated rings. The number of hydrogen-bond acceptors (Lipinski definition) is 1. The van der Waals surface area contributed by atoms with Gasteiger partial charge in [0.15, 0.2) is 0 Å². The van der Waals surface area contributed by atoms with Crippen molar-refractivity contribution in [2.45, 2.75) is 0 Å². The van der Waals surface area contributed by atoms with Crippen LogP contribution in [0.4, 0.5) is 0 Å². The van der Waals surface area contributed by atoms with Crippen LogP contribution in [0.15, 0.2) is 140 Å². The first-order valence-corrected chi connectivity index (χ1v) is 13.5. The largest absolute Gasteiger partial charge is 0.450 e. The lowest BCUT2D eigenvalue weighted by atomic mass is 9.87. The lowest BCUT2D eigenvalue weighted by Gasteiger charge is -2.09. The van der Waals surface area contributed by atoms with E-state index in [0.717, 1.165) is 44.2 Å². The van der Waals surface area contributed by atoms with E-state index >= 15 is 0 Å². The van der Waals surface area contributed by atoms with Crippen molar-refractivity contribution in [1.82, 2.24) is 9.13 Å². The minimum Gasteiger partial charge on any atom is -0.450 e. The molecule has 0 aliphatic heterocycles. The number of benzene rings is 6. The highest BCUT2D eigenvalue weighted by atomic mass is 16.2. The van der Waals surface area contributed by atoms with Gasteiger partial charge in [0, 0.05) is 32.9 Å². The maximum atomic E-state index is 9.76. The van der Waals surface area contributed by atoms with Crippen molar-refractivity contribution in [3.63, 3.8) is 0 Å². The molecular formula is C36H24BN2O. The van der Waals surface area contributed by atoms with Crippen molar-refractivity contribution in [2.24, 2.45) is 0 Å². The summed E-state index contributed by atoms with van der Waals surface area (Å²) >= 11 is 0. The zero-order valence-electron chi connectivity index (χ0n) is 21.7. The first-order valence-electron chi connectivity index (χ1n) is 13.5. The molecule has 187 valence electrons. The third kappa shape index (κ3) is 3.43. The average Bonchev–Trinajstić information content (AvgIpc) is 3.53. The summed E-state index contributed by atoms with van der Waals surface area (Å²) in [4.78, 5) is 0. The summed E-state index contributed by atoms with van der Waals surface area (Å²) in [6.45, 7) is 0. The fraction of sp³-hybridized carbons (Fsp3) is 0. The van der Waals surface area contributed by atoms with Crippen molar-refractivity contribution in [3.05, 3.63) is 140 Å². The maximum absolute atomic E-state index is 9.76. The minimum absolute atomic E-state index is 0.792. The van der Waals surface area contributed by atoms with Gasteiger partial charge < -0.3 is 14.2 Å². The van der Waals surface area contributed by atoms with Gasteiger partial charge in [0.25, 0.3) is 0 Å². The van der Waals surface area contributed by atoms with Gasteiger partial charge in [-0.2, -0.15) is 0 Å². The Balaban J connectivity index is 1.37. The Labute approximate surface area is 232 Å². The third-order valence-electron chi connectivity index (χ3n) is 7.97. The van der Waals surface area contributed by atoms with E-state index in [1.165, 1.54) is 34.9 Å². The second-order valence-electron chi connectivity index (χ2n) is 10.2. The summed E-state index contributed by atoms with van der Waals surface area (Å²) in [5, 5.41) is 14.5. The summed E-state index contributed by atoms with van der Waals surface area (Å²) in [5.41, 5.74) is 10.1. The number of para-hydroxylation sites is 3. The molecular weight excluding hydrogens is 487 g/mol. The fourth-order valence-electron chi connectivity index (χ4n) is 6.16. The maximum Gasteiger partial charge on any atom is 0.326 e. The van der Waals surface area contributed by atoms with Crippen molar-refractivity contribution in [1.29, 1.82) is 0 Å². The van der Waals surface area contributed by atoms with E-state index < -0.39 is 0 Å². The van der Waals surface area contributed by atoms with Crippen LogP contribution in [0.25, 0.3) is 66.1 Å². The molecule has 6 aromatic carbocycles. The first kappa shape index (κ1) is 22.9. The molecule has 0 unspecified atom stereocenters.